The Morgan fingerprint density at radius 3 is 2.44 bits per heavy atom. The molecule has 0 aromatic carbocycles. The van der Waals surface area contributed by atoms with Crippen molar-refractivity contribution in [1.82, 2.24) is 14.9 Å². The third kappa shape index (κ3) is 5.22. The normalized spacial score (nSPS) is 20.6. The highest BCUT2D eigenvalue weighted by molar-refractivity contribution is 7.89. The molecule has 2 fully saturated rings. The molecule has 0 aromatic heterocycles. The van der Waals surface area contributed by atoms with Crippen molar-refractivity contribution >= 4 is 10.0 Å². The van der Waals surface area contributed by atoms with E-state index in [9.17, 15) is 8.42 Å². The number of nitrogens with zero attached hydrogens (tertiary/aromatic N) is 1. The van der Waals surface area contributed by atoms with Crippen LogP contribution in [0.3, 0.4) is 0 Å². The number of sulfonamides is 1. The van der Waals surface area contributed by atoms with Crippen molar-refractivity contribution in [3.05, 3.63) is 0 Å². The predicted molar refractivity (Wildman–Crippen MR) is 73.1 cm³/mol. The van der Waals surface area contributed by atoms with Crippen molar-refractivity contribution < 1.29 is 8.42 Å². The van der Waals surface area contributed by atoms with E-state index in [1.54, 1.807) is 0 Å². The molecule has 2 saturated carbocycles. The Bertz CT molecular complexity index is 350. The molecule has 0 aromatic rings. The molecular weight excluding hydrogens is 250 g/mol. The average molecular weight is 275 g/mol. The van der Waals surface area contributed by atoms with E-state index in [0.717, 1.165) is 13.1 Å². The fraction of sp³-hybridized carbons (Fsp3) is 1.00. The minimum atomic E-state index is -3.10. The maximum absolute atomic E-state index is 11.7. The molecule has 0 heterocycles. The van der Waals surface area contributed by atoms with Crippen LogP contribution in [0, 0.1) is 0 Å². The Labute approximate surface area is 110 Å². The molecule has 0 radical (unpaired) electrons. The highest BCUT2D eigenvalue weighted by Gasteiger charge is 2.27. The van der Waals surface area contributed by atoms with E-state index >= 15 is 0 Å². The van der Waals surface area contributed by atoms with E-state index in [1.807, 2.05) is 0 Å². The maximum Gasteiger partial charge on any atom is 0.212 e. The fourth-order valence-corrected chi connectivity index (χ4v) is 3.07. The van der Waals surface area contributed by atoms with Gasteiger partial charge in [0.2, 0.25) is 10.0 Å². The molecule has 0 saturated heterocycles. The number of rotatable bonds is 10. The van der Waals surface area contributed by atoms with Gasteiger partial charge in [-0.2, -0.15) is 0 Å². The van der Waals surface area contributed by atoms with Gasteiger partial charge in [0, 0.05) is 31.7 Å². The summed E-state index contributed by atoms with van der Waals surface area (Å²) in [5.41, 5.74) is 0. The van der Waals surface area contributed by atoms with Crippen LogP contribution in [0.2, 0.25) is 0 Å². The van der Waals surface area contributed by atoms with Gasteiger partial charge in [0.15, 0.2) is 0 Å². The number of likely N-dealkylation sites (N-methyl/N-ethyl adjacent to an activating group) is 1. The van der Waals surface area contributed by atoms with Gasteiger partial charge in [0.1, 0.15) is 0 Å². The third-order valence-corrected chi connectivity index (χ3v) is 4.96. The molecule has 0 unspecified atom stereocenters. The van der Waals surface area contributed by atoms with Gasteiger partial charge < -0.3 is 5.32 Å². The SMILES string of the molecule is CCN(CCNS(=O)(=O)CCNC1CC1)C1CC1. The Morgan fingerprint density at radius 2 is 1.89 bits per heavy atom. The largest absolute Gasteiger partial charge is 0.313 e. The molecule has 0 atom stereocenters. The van der Waals surface area contributed by atoms with Crippen molar-refractivity contribution in [3.8, 4) is 0 Å². The van der Waals surface area contributed by atoms with Gasteiger partial charge >= 0.3 is 0 Å². The second kappa shape index (κ2) is 6.32. The Morgan fingerprint density at radius 1 is 1.17 bits per heavy atom. The van der Waals surface area contributed by atoms with Crippen LogP contribution in [0.4, 0.5) is 0 Å². The number of hydrogen-bond acceptors (Lipinski definition) is 4. The maximum atomic E-state index is 11.7. The van der Waals surface area contributed by atoms with E-state index in [0.29, 0.717) is 25.2 Å². The molecule has 0 amide bonds. The summed E-state index contributed by atoms with van der Waals surface area (Å²) in [6, 6.07) is 1.28. The van der Waals surface area contributed by atoms with Gasteiger partial charge in [0.25, 0.3) is 0 Å². The first kappa shape index (κ1) is 14.2. The third-order valence-electron chi connectivity index (χ3n) is 3.57. The van der Waals surface area contributed by atoms with Gasteiger partial charge in [0.05, 0.1) is 5.75 Å². The first-order valence-electron chi connectivity index (χ1n) is 7.05. The van der Waals surface area contributed by atoms with Gasteiger partial charge in [-0.05, 0) is 32.2 Å². The summed E-state index contributed by atoms with van der Waals surface area (Å²) in [5.74, 6) is 0.194. The van der Waals surface area contributed by atoms with Crippen molar-refractivity contribution in [1.29, 1.82) is 0 Å². The van der Waals surface area contributed by atoms with Crippen molar-refractivity contribution in [2.24, 2.45) is 0 Å². The molecular formula is C12H25N3O2S. The number of nitrogens with one attached hydrogen (secondary N) is 2. The van der Waals surface area contributed by atoms with Crippen LogP contribution in [0.1, 0.15) is 32.6 Å². The average Bonchev–Trinajstić information content (AvgIpc) is 3.14. The topological polar surface area (TPSA) is 61.4 Å². The zero-order chi connectivity index (χ0) is 13.0. The molecule has 0 spiro atoms. The van der Waals surface area contributed by atoms with E-state index in [4.69, 9.17) is 0 Å². The summed E-state index contributed by atoms with van der Waals surface area (Å²) in [5, 5.41) is 3.22. The summed E-state index contributed by atoms with van der Waals surface area (Å²) in [6.07, 6.45) is 4.93. The van der Waals surface area contributed by atoms with Gasteiger partial charge in [-0.3, -0.25) is 4.90 Å². The van der Waals surface area contributed by atoms with Gasteiger partial charge in [-0.1, -0.05) is 6.92 Å². The Hall–Kier alpha value is -0.170. The minimum Gasteiger partial charge on any atom is -0.313 e. The van der Waals surface area contributed by atoms with E-state index in [1.165, 1.54) is 25.7 Å². The smallest absolute Gasteiger partial charge is 0.212 e. The van der Waals surface area contributed by atoms with E-state index in [-0.39, 0.29) is 5.75 Å². The number of hydrogen-bond donors (Lipinski definition) is 2. The lowest BCUT2D eigenvalue weighted by Gasteiger charge is -2.19. The first-order valence-corrected chi connectivity index (χ1v) is 8.70. The second-order valence-electron chi connectivity index (χ2n) is 5.30. The first-order chi connectivity index (χ1) is 8.61. The molecule has 6 heteroatoms. The van der Waals surface area contributed by atoms with E-state index < -0.39 is 10.0 Å². The van der Waals surface area contributed by atoms with Crippen molar-refractivity contribution in [3.63, 3.8) is 0 Å². The zero-order valence-electron chi connectivity index (χ0n) is 11.2. The van der Waals surface area contributed by atoms with Crippen LogP contribution in [-0.2, 0) is 10.0 Å². The van der Waals surface area contributed by atoms with Crippen LogP contribution in [0.15, 0.2) is 0 Å². The quantitative estimate of drug-likeness (QED) is 0.595. The molecule has 0 aliphatic heterocycles. The molecule has 2 N–H and O–H groups in total. The molecule has 2 aliphatic rings. The summed E-state index contributed by atoms with van der Waals surface area (Å²) in [4.78, 5) is 2.35. The zero-order valence-corrected chi connectivity index (χ0v) is 12.0. The Kier molecular flexibility index (Phi) is 5.00. The summed E-state index contributed by atoms with van der Waals surface area (Å²) >= 11 is 0. The lowest BCUT2D eigenvalue weighted by atomic mass is 10.4. The van der Waals surface area contributed by atoms with E-state index in [2.05, 4.69) is 21.9 Å². The molecule has 18 heavy (non-hydrogen) atoms. The van der Waals surface area contributed by atoms with Crippen LogP contribution in [0.25, 0.3) is 0 Å². The fourth-order valence-electron chi connectivity index (χ4n) is 2.14. The van der Waals surface area contributed by atoms with Gasteiger partial charge in [-0.25, -0.2) is 13.1 Å². The molecule has 2 aliphatic carbocycles. The van der Waals surface area contributed by atoms with Crippen LogP contribution in [-0.4, -0.2) is 57.3 Å². The summed E-state index contributed by atoms with van der Waals surface area (Å²) < 4.78 is 26.1. The highest BCUT2D eigenvalue weighted by Crippen LogP contribution is 2.25. The molecule has 106 valence electrons. The van der Waals surface area contributed by atoms with Gasteiger partial charge in [-0.15, -0.1) is 0 Å². The van der Waals surface area contributed by atoms with Crippen molar-refractivity contribution in [2.75, 3.05) is 31.9 Å². The molecule has 2 rings (SSSR count). The van der Waals surface area contributed by atoms with Crippen LogP contribution >= 0.6 is 0 Å². The summed E-state index contributed by atoms with van der Waals surface area (Å²) in [7, 11) is -3.10. The standard InChI is InChI=1S/C12H25N3O2S/c1-2-15(12-5-6-12)9-7-14-18(16,17)10-8-13-11-3-4-11/h11-14H,2-10H2,1H3. The monoisotopic (exact) mass is 275 g/mol. The lowest BCUT2D eigenvalue weighted by Crippen LogP contribution is -2.38. The molecule has 0 bridgehead atoms. The van der Waals surface area contributed by atoms with Crippen LogP contribution in [0.5, 0.6) is 0 Å². The second-order valence-corrected chi connectivity index (χ2v) is 7.23. The van der Waals surface area contributed by atoms with Crippen molar-refractivity contribution in [2.45, 2.75) is 44.7 Å². The molecule has 5 nitrogen and oxygen atoms in total. The summed E-state index contributed by atoms with van der Waals surface area (Å²) in [6.45, 7) is 5.08. The predicted octanol–water partition coefficient (Wildman–Crippen LogP) is 0.142. The van der Waals surface area contributed by atoms with Crippen LogP contribution < -0.4 is 10.0 Å². The highest BCUT2D eigenvalue weighted by atomic mass is 32.2. The lowest BCUT2D eigenvalue weighted by molar-refractivity contribution is 0.282. The minimum absolute atomic E-state index is 0.194. The Balaban J connectivity index is 1.57.